The van der Waals surface area contributed by atoms with Gasteiger partial charge in [-0.2, -0.15) is 5.26 Å². The van der Waals surface area contributed by atoms with E-state index in [1.165, 1.54) is 0 Å². The summed E-state index contributed by atoms with van der Waals surface area (Å²) in [6, 6.07) is 6.19. The largest absolute Gasteiger partial charge is 0.368 e. The topological polar surface area (TPSA) is 88.5 Å². The molecule has 5 heteroatoms. The second-order valence-electron chi connectivity index (χ2n) is 5.23. The van der Waals surface area contributed by atoms with E-state index < -0.39 is 5.41 Å². The molecule has 2 heterocycles. The molecule has 1 unspecified atom stereocenters. The molecule has 1 atom stereocenters. The van der Waals surface area contributed by atoms with Gasteiger partial charge in [-0.1, -0.05) is 19.9 Å². The van der Waals surface area contributed by atoms with E-state index in [9.17, 15) is 5.26 Å². The minimum atomic E-state index is -0.539. The van der Waals surface area contributed by atoms with Gasteiger partial charge in [0.1, 0.15) is 0 Å². The van der Waals surface area contributed by atoms with Gasteiger partial charge in [0, 0.05) is 24.2 Å². The molecule has 0 aliphatic carbocycles. The molecule has 5 nitrogen and oxygen atoms in total. The lowest BCUT2D eigenvalue weighted by Gasteiger charge is -2.26. The fourth-order valence-corrected chi connectivity index (χ4v) is 1.87. The Balaban J connectivity index is 2.36. The summed E-state index contributed by atoms with van der Waals surface area (Å²) in [5.41, 5.74) is 7.39. The first-order chi connectivity index (χ1) is 9.47. The van der Waals surface area contributed by atoms with Crippen molar-refractivity contribution in [3.63, 3.8) is 0 Å². The molecular formula is C15H17N5. The quantitative estimate of drug-likeness (QED) is 0.923. The summed E-state index contributed by atoms with van der Waals surface area (Å²) in [6.45, 7) is 6.00. The molecule has 0 amide bonds. The molecule has 20 heavy (non-hydrogen) atoms. The average Bonchev–Trinajstić information content (AvgIpc) is 2.47. The number of nitrogens with zero attached hydrogens (tertiary/aromatic N) is 4. The van der Waals surface area contributed by atoms with Gasteiger partial charge in [-0.15, -0.1) is 0 Å². The van der Waals surface area contributed by atoms with Gasteiger partial charge in [-0.05, 0) is 24.5 Å². The predicted octanol–water partition coefficient (Wildman–Crippen LogP) is 2.56. The molecule has 2 aromatic rings. The van der Waals surface area contributed by atoms with Crippen molar-refractivity contribution in [1.82, 2.24) is 15.0 Å². The highest BCUT2D eigenvalue weighted by atomic mass is 15.0. The van der Waals surface area contributed by atoms with Crippen molar-refractivity contribution < 1.29 is 0 Å². The Bertz CT molecular complexity index is 625. The maximum Gasteiger partial charge on any atom is 0.219 e. The Morgan fingerprint density at radius 2 is 1.80 bits per heavy atom. The van der Waals surface area contributed by atoms with Gasteiger partial charge in [0.15, 0.2) is 0 Å². The van der Waals surface area contributed by atoms with Crippen LogP contribution in [-0.4, -0.2) is 15.0 Å². The standard InChI is InChI=1S/C15H17N5/c1-10(2)15(3,9-16)12-4-5-13(18-8-12)11-6-19-14(17)20-7-11/h4-8,10H,1-3H3,(H2,17,19,20). The van der Waals surface area contributed by atoms with E-state index in [0.717, 1.165) is 16.8 Å². The van der Waals surface area contributed by atoms with E-state index in [0.29, 0.717) is 0 Å². The maximum atomic E-state index is 9.41. The molecule has 0 saturated heterocycles. The van der Waals surface area contributed by atoms with Gasteiger partial charge in [-0.3, -0.25) is 4.98 Å². The number of nitrogens with two attached hydrogens (primary N) is 1. The van der Waals surface area contributed by atoms with Crippen LogP contribution in [0.25, 0.3) is 11.3 Å². The van der Waals surface area contributed by atoms with Crippen LogP contribution in [-0.2, 0) is 5.41 Å². The predicted molar refractivity (Wildman–Crippen MR) is 77.5 cm³/mol. The monoisotopic (exact) mass is 267 g/mol. The van der Waals surface area contributed by atoms with Crippen molar-refractivity contribution >= 4 is 5.95 Å². The second kappa shape index (κ2) is 5.25. The van der Waals surface area contributed by atoms with E-state index >= 15 is 0 Å². The number of nitriles is 1. The van der Waals surface area contributed by atoms with Crippen LogP contribution >= 0.6 is 0 Å². The molecule has 0 fully saturated rings. The molecule has 0 aromatic carbocycles. The van der Waals surface area contributed by atoms with Gasteiger partial charge in [0.2, 0.25) is 5.95 Å². The lowest BCUT2D eigenvalue weighted by molar-refractivity contribution is 0.430. The molecule has 0 aliphatic heterocycles. The van der Waals surface area contributed by atoms with Crippen LogP contribution in [0.5, 0.6) is 0 Å². The number of anilines is 1. The summed E-state index contributed by atoms with van der Waals surface area (Å²) in [4.78, 5) is 12.3. The Kier molecular flexibility index (Phi) is 3.66. The molecule has 2 aromatic heterocycles. The zero-order chi connectivity index (χ0) is 14.8. The van der Waals surface area contributed by atoms with Gasteiger partial charge in [-0.25, -0.2) is 9.97 Å². The number of hydrogen-bond donors (Lipinski definition) is 1. The first-order valence-electron chi connectivity index (χ1n) is 6.43. The molecule has 2 rings (SSSR count). The van der Waals surface area contributed by atoms with E-state index in [2.05, 4.69) is 21.0 Å². The average molecular weight is 267 g/mol. The van der Waals surface area contributed by atoms with Crippen LogP contribution in [0, 0.1) is 17.2 Å². The molecule has 0 radical (unpaired) electrons. The van der Waals surface area contributed by atoms with Gasteiger partial charge >= 0.3 is 0 Å². The Morgan fingerprint density at radius 3 is 2.25 bits per heavy atom. The zero-order valence-electron chi connectivity index (χ0n) is 11.8. The first kappa shape index (κ1) is 13.9. The third-order valence-electron chi connectivity index (χ3n) is 3.72. The number of nitrogen functional groups attached to an aromatic ring is 1. The highest BCUT2D eigenvalue weighted by Crippen LogP contribution is 2.31. The molecule has 0 spiro atoms. The van der Waals surface area contributed by atoms with Crippen molar-refractivity contribution in [3.8, 4) is 17.3 Å². The summed E-state index contributed by atoms with van der Waals surface area (Å²) in [5.74, 6) is 0.447. The van der Waals surface area contributed by atoms with Crippen LogP contribution in [0.2, 0.25) is 0 Å². The van der Waals surface area contributed by atoms with Crippen molar-refractivity contribution in [3.05, 3.63) is 36.3 Å². The minimum absolute atomic E-state index is 0.208. The minimum Gasteiger partial charge on any atom is -0.368 e. The normalized spacial score (nSPS) is 13.8. The van der Waals surface area contributed by atoms with Crippen molar-refractivity contribution in [1.29, 1.82) is 5.26 Å². The zero-order valence-corrected chi connectivity index (χ0v) is 11.8. The van der Waals surface area contributed by atoms with Crippen LogP contribution in [0.15, 0.2) is 30.7 Å². The lowest BCUT2D eigenvalue weighted by atomic mass is 9.75. The fourth-order valence-electron chi connectivity index (χ4n) is 1.87. The molecule has 0 aliphatic rings. The van der Waals surface area contributed by atoms with Crippen molar-refractivity contribution in [2.75, 3.05) is 5.73 Å². The number of rotatable bonds is 3. The highest BCUT2D eigenvalue weighted by Gasteiger charge is 2.30. The summed E-state index contributed by atoms with van der Waals surface area (Å²) in [7, 11) is 0. The van der Waals surface area contributed by atoms with Crippen LogP contribution in [0.3, 0.4) is 0 Å². The van der Waals surface area contributed by atoms with Crippen molar-refractivity contribution in [2.24, 2.45) is 5.92 Å². The Labute approximate surface area is 118 Å². The van der Waals surface area contributed by atoms with E-state index in [1.807, 2.05) is 32.9 Å². The fraction of sp³-hybridized carbons (Fsp3) is 0.333. The molecule has 0 saturated carbocycles. The summed E-state index contributed by atoms with van der Waals surface area (Å²) < 4.78 is 0. The summed E-state index contributed by atoms with van der Waals surface area (Å²) in [6.07, 6.45) is 5.02. The number of pyridine rings is 1. The third kappa shape index (κ3) is 2.45. The van der Waals surface area contributed by atoms with E-state index in [1.54, 1.807) is 18.6 Å². The smallest absolute Gasteiger partial charge is 0.219 e. The van der Waals surface area contributed by atoms with Crippen LogP contribution < -0.4 is 5.73 Å². The highest BCUT2D eigenvalue weighted by molar-refractivity contribution is 5.57. The molecule has 102 valence electrons. The lowest BCUT2D eigenvalue weighted by Crippen LogP contribution is -2.26. The van der Waals surface area contributed by atoms with Gasteiger partial charge in [0.25, 0.3) is 0 Å². The van der Waals surface area contributed by atoms with E-state index in [-0.39, 0.29) is 11.9 Å². The maximum absolute atomic E-state index is 9.41. The van der Waals surface area contributed by atoms with E-state index in [4.69, 9.17) is 5.73 Å². The Hall–Kier alpha value is -2.48. The number of aromatic nitrogens is 3. The van der Waals surface area contributed by atoms with Crippen molar-refractivity contribution in [2.45, 2.75) is 26.2 Å². The SMILES string of the molecule is CC(C)C(C)(C#N)c1ccc(-c2cnc(N)nc2)nc1. The van der Waals surface area contributed by atoms with Crippen LogP contribution in [0.1, 0.15) is 26.3 Å². The summed E-state index contributed by atoms with van der Waals surface area (Å²) in [5, 5.41) is 9.41. The van der Waals surface area contributed by atoms with Gasteiger partial charge in [0.05, 0.1) is 17.2 Å². The Morgan fingerprint density at radius 1 is 1.15 bits per heavy atom. The molecule has 2 N–H and O–H groups in total. The summed E-state index contributed by atoms with van der Waals surface area (Å²) >= 11 is 0. The molecular weight excluding hydrogens is 250 g/mol. The second-order valence-corrected chi connectivity index (χ2v) is 5.23. The number of hydrogen-bond acceptors (Lipinski definition) is 5. The first-order valence-corrected chi connectivity index (χ1v) is 6.43. The molecule has 0 bridgehead atoms. The van der Waals surface area contributed by atoms with Crippen LogP contribution in [0.4, 0.5) is 5.95 Å². The third-order valence-corrected chi connectivity index (χ3v) is 3.72. The van der Waals surface area contributed by atoms with Gasteiger partial charge < -0.3 is 5.73 Å².